The lowest BCUT2D eigenvalue weighted by Crippen LogP contribution is -2.18. The van der Waals surface area contributed by atoms with E-state index in [-0.39, 0.29) is 5.91 Å². The molecular weight excluding hydrogens is 443 g/mol. The number of hydrogen-bond acceptors (Lipinski definition) is 3. The molecule has 0 aliphatic rings. The second kappa shape index (κ2) is 8.46. The van der Waals surface area contributed by atoms with Crippen LogP contribution < -0.4 is 5.43 Å². The van der Waals surface area contributed by atoms with Gasteiger partial charge in [-0.05, 0) is 30.3 Å². The summed E-state index contributed by atoms with van der Waals surface area (Å²) in [7, 11) is 0. The van der Waals surface area contributed by atoms with E-state index in [1.54, 1.807) is 24.4 Å². The molecule has 0 fully saturated rings. The van der Waals surface area contributed by atoms with Gasteiger partial charge in [-0.25, -0.2) is 10.4 Å². The van der Waals surface area contributed by atoms with Crippen molar-refractivity contribution in [3.05, 3.63) is 100 Å². The zero-order valence-corrected chi connectivity index (χ0v) is 18.2. The summed E-state index contributed by atoms with van der Waals surface area (Å²) >= 11 is 12.2. The Balaban J connectivity index is 1.49. The lowest BCUT2D eigenvalue weighted by Gasteiger charge is -2.09. The van der Waals surface area contributed by atoms with Crippen LogP contribution in [-0.4, -0.2) is 22.1 Å². The number of halogens is 2. The fourth-order valence-electron chi connectivity index (χ4n) is 3.59. The predicted molar refractivity (Wildman–Crippen MR) is 131 cm³/mol. The Morgan fingerprint density at radius 2 is 1.72 bits per heavy atom. The van der Waals surface area contributed by atoms with Gasteiger partial charge in [-0.2, -0.15) is 5.10 Å². The van der Waals surface area contributed by atoms with Crippen LogP contribution >= 0.6 is 23.2 Å². The van der Waals surface area contributed by atoms with Gasteiger partial charge < -0.3 is 4.98 Å². The molecule has 32 heavy (non-hydrogen) atoms. The fourth-order valence-corrected chi connectivity index (χ4v) is 3.89. The van der Waals surface area contributed by atoms with E-state index in [1.165, 1.54) is 0 Å². The highest BCUT2D eigenvalue weighted by molar-refractivity contribution is 6.42. The van der Waals surface area contributed by atoms with Gasteiger partial charge in [0.05, 0.1) is 33.0 Å². The van der Waals surface area contributed by atoms with Crippen molar-refractivity contribution < 1.29 is 4.79 Å². The zero-order valence-electron chi connectivity index (χ0n) is 16.6. The SMILES string of the molecule is O=C(NN=Cc1c[nH]c2ccccc12)c1cc(-c2ccc(Cl)c(Cl)c2)nc2ccccc12. The van der Waals surface area contributed by atoms with Crippen molar-refractivity contribution in [3.8, 4) is 11.3 Å². The van der Waals surface area contributed by atoms with Crippen LogP contribution in [0.15, 0.2) is 84.1 Å². The number of rotatable bonds is 4. The molecule has 0 aliphatic carbocycles. The van der Waals surface area contributed by atoms with Crippen LogP contribution in [0.4, 0.5) is 0 Å². The molecule has 7 heteroatoms. The molecule has 2 aromatic heterocycles. The number of amides is 1. The third-order valence-electron chi connectivity index (χ3n) is 5.17. The number of para-hydroxylation sites is 2. The topological polar surface area (TPSA) is 70.1 Å². The molecule has 2 heterocycles. The van der Waals surface area contributed by atoms with E-state index in [9.17, 15) is 4.79 Å². The molecule has 156 valence electrons. The summed E-state index contributed by atoms with van der Waals surface area (Å²) < 4.78 is 0. The highest BCUT2D eigenvalue weighted by Crippen LogP contribution is 2.30. The smallest absolute Gasteiger partial charge is 0.272 e. The molecule has 0 aliphatic heterocycles. The van der Waals surface area contributed by atoms with Crippen molar-refractivity contribution >= 4 is 57.1 Å². The molecule has 2 N–H and O–H groups in total. The van der Waals surface area contributed by atoms with Crippen LogP contribution in [0, 0.1) is 0 Å². The molecule has 5 nitrogen and oxygen atoms in total. The molecule has 0 bridgehead atoms. The summed E-state index contributed by atoms with van der Waals surface area (Å²) in [6.07, 6.45) is 3.48. The molecule has 3 aromatic carbocycles. The van der Waals surface area contributed by atoms with Crippen molar-refractivity contribution in [3.63, 3.8) is 0 Å². The Bertz CT molecular complexity index is 1510. The van der Waals surface area contributed by atoms with E-state index < -0.39 is 0 Å². The van der Waals surface area contributed by atoms with E-state index >= 15 is 0 Å². The maximum absolute atomic E-state index is 13.0. The van der Waals surface area contributed by atoms with Crippen molar-refractivity contribution in [2.45, 2.75) is 0 Å². The largest absolute Gasteiger partial charge is 0.361 e. The van der Waals surface area contributed by atoms with Gasteiger partial charge in [-0.1, -0.05) is 65.7 Å². The molecule has 0 unspecified atom stereocenters. The number of pyridine rings is 1. The number of benzene rings is 3. The molecule has 0 saturated carbocycles. The molecule has 1 amide bonds. The quantitative estimate of drug-likeness (QED) is 0.239. The number of carbonyl (C=O) groups is 1. The second-order valence-corrected chi connectivity index (χ2v) is 8.00. The van der Waals surface area contributed by atoms with Crippen molar-refractivity contribution in [1.29, 1.82) is 0 Å². The van der Waals surface area contributed by atoms with E-state index in [4.69, 9.17) is 28.2 Å². The fraction of sp³-hybridized carbons (Fsp3) is 0. The first-order valence-corrected chi connectivity index (χ1v) is 10.6. The normalized spacial score (nSPS) is 11.4. The average Bonchev–Trinajstić information content (AvgIpc) is 3.23. The number of nitrogens with one attached hydrogen (secondary N) is 2. The van der Waals surface area contributed by atoms with Crippen molar-refractivity contribution in [2.75, 3.05) is 0 Å². The molecule has 5 aromatic rings. The van der Waals surface area contributed by atoms with Gasteiger partial charge in [0.15, 0.2) is 0 Å². The number of aromatic nitrogens is 2. The highest BCUT2D eigenvalue weighted by Gasteiger charge is 2.14. The average molecular weight is 459 g/mol. The Morgan fingerprint density at radius 1 is 0.938 bits per heavy atom. The standard InChI is InChI=1S/C25H16Cl2N4O/c26-20-10-9-15(11-21(20)27)24-12-19(18-6-2-4-8-23(18)30-24)25(32)31-29-14-16-13-28-22-7-3-1-5-17(16)22/h1-14,28H,(H,31,32). The lowest BCUT2D eigenvalue weighted by atomic mass is 10.0. The van der Waals surface area contributed by atoms with Gasteiger partial charge in [0.2, 0.25) is 0 Å². The molecule has 0 saturated heterocycles. The minimum absolute atomic E-state index is 0.332. The Hall–Kier alpha value is -3.67. The zero-order chi connectivity index (χ0) is 22.1. The van der Waals surface area contributed by atoms with Crippen LogP contribution in [-0.2, 0) is 0 Å². The molecule has 5 rings (SSSR count). The van der Waals surface area contributed by atoms with Gasteiger partial charge in [0.1, 0.15) is 0 Å². The third kappa shape index (κ3) is 3.84. The minimum atomic E-state index is -0.332. The number of fused-ring (bicyclic) bond motifs is 2. The van der Waals surface area contributed by atoms with Crippen LogP contribution in [0.2, 0.25) is 10.0 Å². The number of H-pyrrole nitrogens is 1. The number of hydrazone groups is 1. The van der Waals surface area contributed by atoms with Crippen molar-refractivity contribution in [1.82, 2.24) is 15.4 Å². The number of aromatic amines is 1. The molecule has 0 radical (unpaired) electrons. The number of nitrogens with zero attached hydrogens (tertiary/aromatic N) is 2. The van der Waals surface area contributed by atoms with Crippen molar-refractivity contribution in [2.24, 2.45) is 5.10 Å². The Labute approximate surface area is 193 Å². The summed E-state index contributed by atoms with van der Waals surface area (Å²) in [6.45, 7) is 0. The summed E-state index contributed by atoms with van der Waals surface area (Å²) in [5.41, 5.74) is 7.07. The Kier molecular flexibility index (Phi) is 5.35. The Morgan fingerprint density at radius 3 is 2.56 bits per heavy atom. The van der Waals surface area contributed by atoms with Crippen LogP contribution in [0.25, 0.3) is 33.1 Å². The first-order chi connectivity index (χ1) is 15.6. The monoisotopic (exact) mass is 458 g/mol. The van der Waals surface area contributed by atoms with E-state index in [2.05, 4.69) is 15.5 Å². The summed E-state index contributed by atoms with van der Waals surface area (Å²) in [6, 6.07) is 22.4. The van der Waals surface area contributed by atoms with Gasteiger partial charge in [-0.3, -0.25) is 4.79 Å². The summed E-state index contributed by atoms with van der Waals surface area (Å²) in [4.78, 5) is 20.9. The number of carbonyl (C=O) groups excluding carboxylic acids is 1. The van der Waals surface area contributed by atoms with Gasteiger partial charge in [0, 0.05) is 33.6 Å². The third-order valence-corrected chi connectivity index (χ3v) is 5.91. The predicted octanol–water partition coefficient (Wildman–Crippen LogP) is 6.45. The second-order valence-electron chi connectivity index (χ2n) is 7.19. The number of hydrogen-bond donors (Lipinski definition) is 2. The van der Waals surface area contributed by atoms with Gasteiger partial charge >= 0.3 is 0 Å². The summed E-state index contributed by atoms with van der Waals surface area (Å²) in [5.74, 6) is -0.332. The van der Waals surface area contributed by atoms with Gasteiger partial charge in [0.25, 0.3) is 5.91 Å². The first kappa shape index (κ1) is 20.2. The first-order valence-electron chi connectivity index (χ1n) is 9.85. The van der Waals surface area contributed by atoms with E-state index in [0.717, 1.165) is 27.4 Å². The van der Waals surface area contributed by atoms with E-state index in [0.29, 0.717) is 26.8 Å². The van der Waals surface area contributed by atoms with E-state index in [1.807, 2.05) is 60.8 Å². The maximum atomic E-state index is 13.0. The lowest BCUT2D eigenvalue weighted by molar-refractivity contribution is 0.0956. The summed E-state index contributed by atoms with van der Waals surface area (Å²) in [5, 5.41) is 6.82. The van der Waals surface area contributed by atoms with Crippen LogP contribution in [0.1, 0.15) is 15.9 Å². The molecule has 0 spiro atoms. The van der Waals surface area contributed by atoms with Gasteiger partial charge in [-0.15, -0.1) is 0 Å². The van der Waals surface area contributed by atoms with Crippen LogP contribution in [0.3, 0.4) is 0 Å². The maximum Gasteiger partial charge on any atom is 0.272 e. The highest BCUT2D eigenvalue weighted by atomic mass is 35.5. The minimum Gasteiger partial charge on any atom is -0.361 e. The van der Waals surface area contributed by atoms with Crippen LogP contribution in [0.5, 0.6) is 0 Å². The molecule has 0 atom stereocenters. The molecular formula is C25H16Cl2N4O.